The number of alkyl carbamates (subject to hydrolysis) is 2. The molecule has 0 spiro atoms. The topological polar surface area (TPSA) is 158 Å². The van der Waals surface area contributed by atoms with Crippen molar-refractivity contribution in [3.05, 3.63) is 71.3 Å². The van der Waals surface area contributed by atoms with Crippen molar-refractivity contribution in [1.29, 1.82) is 0 Å². The summed E-state index contributed by atoms with van der Waals surface area (Å²) >= 11 is 0. The molecule has 0 unspecified atom stereocenters. The third-order valence-corrected chi connectivity index (χ3v) is 12.0. The van der Waals surface area contributed by atoms with Crippen LogP contribution in [0.5, 0.6) is 0 Å². The molecule has 3 aliphatic heterocycles. The lowest BCUT2D eigenvalue weighted by Crippen LogP contribution is -2.55. The lowest BCUT2D eigenvalue weighted by Gasteiger charge is -2.37. The molecule has 13 nitrogen and oxygen atoms in total. The number of carbonyl (C=O) groups is 4. The van der Waals surface area contributed by atoms with Gasteiger partial charge in [0.05, 0.1) is 38.2 Å². The van der Waals surface area contributed by atoms with E-state index in [9.17, 15) is 19.2 Å². The number of likely N-dealkylation sites (tertiary alicyclic amines) is 2. The van der Waals surface area contributed by atoms with E-state index in [4.69, 9.17) is 14.7 Å². The summed E-state index contributed by atoms with van der Waals surface area (Å²) in [5, 5.41) is 5.23. The number of allylic oxidation sites excluding steroid dienone is 1. The molecule has 3 aromatic rings. The van der Waals surface area contributed by atoms with Crippen LogP contribution in [0, 0.1) is 5.92 Å². The van der Waals surface area contributed by atoms with E-state index in [2.05, 4.69) is 56.8 Å². The summed E-state index contributed by atoms with van der Waals surface area (Å²) in [5.41, 5.74) is 10.4. The van der Waals surface area contributed by atoms with Crippen LogP contribution in [0.2, 0.25) is 0 Å². The zero-order chi connectivity index (χ0) is 37.7. The number of benzene rings is 2. The zero-order valence-corrected chi connectivity index (χ0v) is 31.2. The fourth-order valence-corrected chi connectivity index (χ4v) is 9.34. The fraction of sp³-hybridized carbons (Fsp3) is 0.476. The predicted molar refractivity (Wildman–Crippen MR) is 209 cm³/mol. The third kappa shape index (κ3) is 7.00. The molecule has 5 aliphatic rings. The molecule has 1 saturated carbocycles. The molecule has 8 rings (SSSR count). The number of imidazole rings is 1. The zero-order valence-electron chi connectivity index (χ0n) is 31.2. The third-order valence-electron chi connectivity index (χ3n) is 12.0. The van der Waals surface area contributed by atoms with Gasteiger partial charge in [0.15, 0.2) is 0 Å². The van der Waals surface area contributed by atoms with Gasteiger partial charge < -0.3 is 34.9 Å². The number of rotatable bonds is 8. The predicted octanol–water partition coefficient (Wildman–Crippen LogP) is 6.20. The van der Waals surface area contributed by atoms with Crippen LogP contribution in [-0.4, -0.2) is 94.4 Å². The number of nitrogens with zero attached hydrogens (tertiary/aromatic N) is 4. The van der Waals surface area contributed by atoms with E-state index in [0.717, 1.165) is 78.9 Å². The number of methoxy groups -OCH3 is 2. The van der Waals surface area contributed by atoms with Gasteiger partial charge in [-0.2, -0.15) is 0 Å². The summed E-state index contributed by atoms with van der Waals surface area (Å²) in [6.45, 7) is 3.99. The Morgan fingerprint density at radius 3 is 2.22 bits per heavy atom. The smallest absolute Gasteiger partial charge is 0.407 e. The monoisotopic (exact) mass is 749 g/mol. The Kier molecular flexibility index (Phi) is 10.6. The van der Waals surface area contributed by atoms with Crippen LogP contribution in [0.1, 0.15) is 88.4 Å². The molecule has 1 aromatic heterocycles. The van der Waals surface area contributed by atoms with Crippen LogP contribution in [0.4, 0.5) is 9.59 Å². The van der Waals surface area contributed by atoms with E-state index in [1.807, 2.05) is 17.3 Å². The highest BCUT2D eigenvalue weighted by molar-refractivity contribution is 6.04. The van der Waals surface area contributed by atoms with Crippen molar-refractivity contribution < 1.29 is 28.7 Å². The summed E-state index contributed by atoms with van der Waals surface area (Å²) in [4.78, 5) is 67.1. The Balaban J connectivity index is 0.00000465. The molecule has 2 aromatic carbocycles. The number of hydrogen-bond donors (Lipinski definition) is 3. The maximum atomic E-state index is 13.6. The number of fused-ring (bicyclic) bond motifs is 5. The van der Waals surface area contributed by atoms with E-state index >= 15 is 0 Å². The second kappa shape index (κ2) is 15.3. The first-order chi connectivity index (χ1) is 26.1. The molecule has 3 fully saturated rings. The van der Waals surface area contributed by atoms with Crippen LogP contribution in [-0.2, 0) is 31.9 Å². The maximum Gasteiger partial charge on any atom is 0.407 e. The Morgan fingerprint density at radius 2 is 1.53 bits per heavy atom. The quantitative estimate of drug-likeness (QED) is 0.248. The molecule has 4 amide bonds. The van der Waals surface area contributed by atoms with Gasteiger partial charge in [0.1, 0.15) is 17.9 Å². The number of H-pyrrole nitrogens is 1. The number of nitrogens with one attached hydrogen (secondary N) is 3. The molecule has 290 valence electrons. The molecule has 2 saturated heterocycles. The summed E-state index contributed by atoms with van der Waals surface area (Å²) in [7, 11) is 2.58. The minimum atomic E-state index is -0.698. The second-order valence-corrected chi connectivity index (χ2v) is 15.2. The molecular formula is C42H51N7O6. The number of hydrogen-bond acceptors (Lipinski definition) is 8. The largest absolute Gasteiger partial charge is 0.453 e. The van der Waals surface area contributed by atoms with Crippen LogP contribution in [0.15, 0.2) is 53.8 Å². The average molecular weight is 750 g/mol. The Morgan fingerprint density at radius 1 is 0.873 bits per heavy atom. The molecule has 55 heavy (non-hydrogen) atoms. The number of amides is 4. The summed E-state index contributed by atoms with van der Waals surface area (Å²) in [6.07, 6.45) is 9.84. The molecule has 2 aliphatic carbocycles. The lowest BCUT2D eigenvalue weighted by atomic mass is 9.82. The van der Waals surface area contributed by atoms with Crippen molar-refractivity contribution in [1.82, 2.24) is 30.4 Å². The van der Waals surface area contributed by atoms with Crippen molar-refractivity contribution in [2.24, 2.45) is 10.9 Å². The van der Waals surface area contributed by atoms with E-state index < -0.39 is 24.3 Å². The Hall–Kier alpha value is -5.46. The highest BCUT2D eigenvalue weighted by Crippen LogP contribution is 2.46. The maximum absolute atomic E-state index is 13.6. The SMILES string of the molecule is C.COC(=O)N[C@@H](C)C(=O)N1CCC[C@H]1c1ncc(-c2ccc3c(c2)CCc2cc(C4=CN=C([C@@H]5[C@H]6CC[C@H](C6)N5C(=O)[C@H](C)NC(=O)OC)C4)ccc2-3)[nH]1. The average Bonchev–Trinajstić information content (AvgIpc) is 4.05. The lowest BCUT2D eigenvalue weighted by molar-refractivity contribution is -0.136. The number of ether oxygens (including phenoxy) is 2. The van der Waals surface area contributed by atoms with E-state index in [0.29, 0.717) is 18.9 Å². The number of aryl methyl sites for hydroxylation is 2. The van der Waals surface area contributed by atoms with Gasteiger partial charge in [-0.05, 0) is 110 Å². The van der Waals surface area contributed by atoms with Crippen LogP contribution < -0.4 is 10.6 Å². The first kappa shape index (κ1) is 37.8. The van der Waals surface area contributed by atoms with Gasteiger partial charge >= 0.3 is 12.2 Å². The van der Waals surface area contributed by atoms with Crippen molar-refractivity contribution >= 4 is 35.3 Å². The molecule has 3 N–H and O–H groups in total. The molecule has 0 radical (unpaired) electrons. The molecule has 13 heteroatoms. The second-order valence-electron chi connectivity index (χ2n) is 15.2. The number of piperidine rings is 1. The number of aliphatic imine (C=N–C) groups is 1. The van der Waals surface area contributed by atoms with E-state index in [-0.39, 0.29) is 37.4 Å². The van der Waals surface area contributed by atoms with Crippen molar-refractivity contribution in [3.63, 3.8) is 0 Å². The normalized spacial score (nSPS) is 23.1. The minimum absolute atomic E-state index is 0. The highest BCUT2D eigenvalue weighted by atomic mass is 16.5. The van der Waals surface area contributed by atoms with Crippen molar-refractivity contribution in [2.75, 3.05) is 20.8 Å². The fourth-order valence-electron chi connectivity index (χ4n) is 9.34. The molecule has 4 heterocycles. The highest BCUT2D eigenvalue weighted by Gasteiger charge is 2.51. The van der Waals surface area contributed by atoms with Gasteiger partial charge in [0, 0.05) is 30.9 Å². The minimum Gasteiger partial charge on any atom is -0.453 e. The summed E-state index contributed by atoms with van der Waals surface area (Å²) in [5.74, 6) is 0.899. The van der Waals surface area contributed by atoms with Gasteiger partial charge in [0.2, 0.25) is 11.8 Å². The number of aromatic amines is 1. The van der Waals surface area contributed by atoms with Gasteiger partial charge in [-0.1, -0.05) is 37.8 Å². The van der Waals surface area contributed by atoms with E-state index in [1.165, 1.54) is 36.5 Å². The van der Waals surface area contributed by atoms with Gasteiger partial charge in [0.25, 0.3) is 0 Å². The Labute approximate surface area is 322 Å². The molecule has 2 bridgehead atoms. The van der Waals surface area contributed by atoms with Crippen molar-refractivity contribution in [2.45, 2.75) is 103 Å². The van der Waals surface area contributed by atoms with Gasteiger partial charge in [-0.15, -0.1) is 0 Å². The Bertz CT molecular complexity index is 2070. The van der Waals surface area contributed by atoms with Gasteiger partial charge in [-0.25, -0.2) is 14.6 Å². The van der Waals surface area contributed by atoms with Gasteiger partial charge in [-0.3, -0.25) is 14.6 Å². The molecular weight excluding hydrogens is 699 g/mol. The standard InChI is InChI=1S/C41H47N7O6.CH4/c1-22(44-40(51)53-3)38(49)47-15-5-6-35(47)37-43-21-34(46-37)27-11-14-32-26(17-27)8-7-25-16-24(10-13-31(25)32)29-19-33(42-20-29)36-28-9-12-30(18-28)48(36)39(50)23(2)45-41(52)54-4;/h10-11,13-14,16-17,20-23,28,30,35-36H,5-9,12,15,18-19H2,1-4H3,(H,43,46)(H,44,51)(H,45,52);1H4/t22-,23-,28-,30+,35-,36-;/m0./s1. The first-order valence-electron chi connectivity index (χ1n) is 19.0. The summed E-state index contributed by atoms with van der Waals surface area (Å²) in [6, 6.07) is 11.9. The van der Waals surface area contributed by atoms with Crippen molar-refractivity contribution in [3.8, 4) is 22.4 Å². The number of aromatic nitrogens is 2. The van der Waals surface area contributed by atoms with Crippen LogP contribution in [0.25, 0.3) is 28.0 Å². The number of carbonyl (C=O) groups excluding carboxylic acids is 4. The van der Waals surface area contributed by atoms with E-state index in [1.54, 1.807) is 18.7 Å². The molecule has 6 atom stereocenters. The summed E-state index contributed by atoms with van der Waals surface area (Å²) < 4.78 is 9.40. The first-order valence-corrected chi connectivity index (χ1v) is 19.0. The van der Waals surface area contributed by atoms with Crippen LogP contribution in [0.3, 0.4) is 0 Å². The van der Waals surface area contributed by atoms with Crippen LogP contribution >= 0.6 is 0 Å².